The highest BCUT2D eigenvalue weighted by Gasteiger charge is 2.15. The van der Waals surface area contributed by atoms with E-state index >= 15 is 0 Å². The Labute approximate surface area is 190 Å². The number of rotatable bonds is 11. The first-order valence-corrected chi connectivity index (χ1v) is 10.9. The number of hydrogen-bond acceptors (Lipinski definition) is 3. The van der Waals surface area contributed by atoms with Gasteiger partial charge in [-0.05, 0) is 58.2 Å². The zero-order valence-electron chi connectivity index (χ0n) is 18.8. The average molecular weight is 510 g/mol. The van der Waals surface area contributed by atoms with Gasteiger partial charge in [0.1, 0.15) is 6.54 Å². The van der Waals surface area contributed by atoms with Crippen LogP contribution >= 0.6 is 24.0 Å². The Morgan fingerprint density at radius 2 is 1.79 bits per heavy atom. The van der Waals surface area contributed by atoms with Crippen LogP contribution in [-0.4, -0.2) is 74.5 Å². The molecular weight excluding hydrogens is 465 g/mol. The van der Waals surface area contributed by atoms with E-state index in [2.05, 4.69) is 41.3 Å². The second kappa shape index (κ2) is 16.3. The van der Waals surface area contributed by atoms with Crippen LogP contribution < -0.4 is 10.6 Å². The van der Waals surface area contributed by atoms with Crippen LogP contribution in [0.2, 0.25) is 0 Å². The minimum atomic E-state index is 0. The molecule has 0 radical (unpaired) electrons. The average Bonchev–Trinajstić information content (AvgIpc) is 2.67. The SMILES string of the molecule is CCN(CC)CCCC(C)NC(=NCC(=O)N(C)C)NCC1CCCCC1.I. The van der Waals surface area contributed by atoms with E-state index in [-0.39, 0.29) is 36.4 Å². The third-order valence-corrected chi connectivity index (χ3v) is 5.54. The predicted octanol–water partition coefficient (Wildman–Crippen LogP) is 3.32. The maximum atomic E-state index is 11.9. The molecule has 166 valence electrons. The molecule has 28 heavy (non-hydrogen) atoms. The molecule has 1 aliphatic rings. The van der Waals surface area contributed by atoms with Gasteiger partial charge in [0.15, 0.2) is 5.96 Å². The monoisotopic (exact) mass is 509 g/mol. The van der Waals surface area contributed by atoms with Gasteiger partial charge in [-0.2, -0.15) is 0 Å². The Kier molecular flexibility index (Phi) is 15.9. The van der Waals surface area contributed by atoms with Gasteiger partial charge in [0.25, 0.3) is 0 Å². The summed E-state index contributed by atoms with van der Waals surface area (Å²) in [4.78, 5) is 20.5. The van der Waals surface area contributed by atoms with Crippen LogP contribution in [0.1, 0.15) is 65.7 Å². The number of carbonyl (C=O) groups excluding carboxylic acids is 1. The van der Waals surface area contributed by atoms with Crippen LogP contribution in [0, 0.1) is 5.92 Å². The van der Waals surface area contributed by atoms with Crippen molar-refractivity contribution in [3.8, 4) is 0 Å². The standard InChI is InChI=1S/C21H43N5O.HI/c1-6-26(7-2)15-11-12-18(3)24-21(23-17-20(27)25(4)5)22-16-19-13-9-8-10-14-19;/h18-19H,6-17H2,1-5H3,(H2,22,23,24);1H. The Morgan fingerprint density at radius 3 is 2.36 bits per heavy atom. The number of likely N-dealkylation sites (N-methyl/N-ethyl adjacent to an activating group) is 1. The van der Waals surface area contributed by atoms with Crippen molar-refractivity contribution in [2.24, 2.45) is 10.9 Å². The molecule has 1 unspecified atom stereocenters. The molecule has 0 spiro atoms. The summed E-state index contributed by atoms with van der Waals surface area (Å²) in [5, 5.41) is 7.00. The van der Waals surface area contributed by atoms with Crippen molar-refractivity contribution >= 4 is 35.8 Å². The zero-order valence-corrected chi connectivity index (χ0v) is 21.1. The van der Waals surface area contributed by atoms with Crippen LogP contribution in [0.4, 0.5) is 0 Å². The normalized spacial score (nSPS) is 16.4. The zero-order chi connectivity index (χ0) is 20.1. The topological polar surface area (TPSA) is 60.0 Å². The van der Waals surface area contributed by atoms with Gasteiger partial charge in [-0.15, -0.1) is 24.0 Å². The Bertz CT molecular complexity index is 435. The fraction of sp³-hybridized carbons (Fsp3) is 0.905. The second-order valence-electron chi connectivity index (χ2n) is 8.05. The van der Waals surface area contributed by atoms with Crippen molar-refractivity contribution in [2.45, 2.75) is 71.8 Å². The molecule has 1 atom stereocenters. The maximum Gasteiger partial charge on any atom is 0.243 e. The molecule has 1 saturated carbocycles. The number of nitrogens with one attached hydrogen (secondary N) is 2. The molecule has 1 rings (SSSR count). The smallest absolute Gasteiger partial charge is 0.243 e. The molecule has 1 amide bonds. The minimum Gasteiger partial charge on any atom is -0.356 e. The van der Waals surface area contributed by atoms with Gasteiger partial charge < -0.3 is 20.4 Å². The van der Waals surface area contributed by atoms with Crippen LogP contribution in [-0.2, 0) is 4.79 Å². The molecule has 0 saturated heterocycles. The molecule has 6 nitrogen and oxygen atoms in total. The lowest BCUT2D eigenvalue weighted by Crippen LogP contribution is -2.45. The third-order valence-electron chi connectivity index (χ3n) is 5.54. The van der Waals surface area contributed by atoms with Gasteiger partial charge >= 0.3 is 0 Å². The predicted molar refractivity (Wildman–Crippen MR) is 131 cm³/mol. The molecule has 1 fully saturated rings. The molecule has 7 heteroatoms. The molecule has 0 aromatic carbocycles. The summed E-state index contributed by atoms with van der Waals surface area (Å²) in [7, 11) is 3.55. The van der Waals surface area contributed by atoms with Gasteiger partial charge in [-0.25, -0.2) is 4.99 Å². The largest absolute Gasteiger partial charge is 0.356 e. The van der Waals surface area contributed by atoms with Crippen LogP contribution in [0.5, 0.6) is 0 Å². The van der Waals surface area contributed by atoms with Gasteiger partial charge in [-0.1, -0.05) is 33.1 Å². The van der Waals surface area contributed by atoms with E-state index in [1.54, 1.807) is 19.0 Å². The lowest BCUT2D eigenvalue weighted by Gasteiger charge is -2.25. The molecule has 0 aliphatic heterocycles. The van der Waals surface area contributed by atoms with E-state index in [9.17, 15) is 4.79 Å². The first-order chi connectivity index (χ1) is 13.0. The quantitative estimate of drug-likeness (QED) is 0.255. The first kappa shape index (κ1) is 27.4. The van der Waals surface area contributed by atoms with E-state index in [0.29, 0.717) is 6.04 Å². The van der Waals surface area contributed by atoms with Crippen molar-refractivity contribution in [1.29, 1.82) is 0 Å². The molecule has 1 aliphatic carbocycles. The third kappa shape index (κ3) is 12.1. The van der Waals surface area contributed by atoms with E-state index in [1.165, 1.54) is 38.5 Å². The van der Waals surface area contributed by atoms with Crippen molar-refractivity contribution in [3.05, 3.63) is 0 Å². The summed E-state index contributed by atoms with van der Waals surface area (Å²) in [6.07, 6.45) is 8.92. The van der Waals surface area contributed by atoms with Crippen molar-refractivity contribution in [3.63, 3.8) is 0 Å². The fourth-order valence-electron chi connectivity index (χ4n) is 3.54. The van der Waals surface area contributed by atoms with E-state index in [4.69, 9.17) is 0 Å². The number of carbonyl (C=O) groups is 1. The minimum absolute atomic E-state index is 0. The van der Waals surface area contributed by atoms with Crippen molar-refractivity contribution in [2.75, 3.05) is 46.8 Å². The summed E-state index contributed by atoms with van der Waals surface area (Å²) >= 11 is 0. The highest BCUT2D eigenvalue weighted by Crippen LogP contribution is 2.22. The second-order valence-corrected chi connectivity index (χ2v) is 8.05. The lowest BCUT2D eigenvalue weighted by molar-refractivity contribution is -0.127. The van der Waals surface area contributed by atoms with Gasteiger partial charge in [-0.3, -0.25) is 4.79 Å². The maximum absolute atomic E-state index is 11.9. The lowest BCUT2D eigenvalue weighted by atomic mass is 9.89. The fourth-order valence-corrected chi connectivity index (χ4v) is 3.54. The molecule has 2 N–H and O–H groups in total. The number of nitrogens with zero attached hydrogens (tertiary/aromatic N) is 3. The summed E-state index contributed by atoms with van der Waals surface area (Å²) in [5.74, 6) is 1.54. The Hall–Kier alpha value is -0.570. The number of amides is 1. The van der Waals surface area contributed by atoms with Crippen LogP contribution in [0.25, 0.3) is 0 Å². The number of aliphatic imine (C=N–C) groups is 1. The summed E-state index contributed by atoms with van der Waals surface area (Å²) < 4.78 is 0. The molecule has 0 bridgehead atoms. The summed E-state index contributed by atoms with van der Waals surface area (Å²) in [5.41, 5.74) is 0. The Balaban J connectivity index is 0.00000729. The first-order valence-electron chi connectivity index (χ1n) is 10.9. The molecule has 0 aromatic rings. The Morgan fingerprint density at radius 1 is 1.14 bits per heavy atom. The van der Waals surface area contributed by atoms with E-state index < -0.39 is 0 Å². The number of guanidine groups is 1. The highest BCUT2D eigenvalue weighted by molar-refractivity contribution is 14.0. The van der Waals surface area contributed by atoms with E-state index in [1.807, 2.05) is 0 Å². The summed E-state index contributed by atoms with van der Waals surface area (Å²) in [6.45, 7) is 11.1. The van der Waals surface area contributed by atoms with Gasteiger partial charge in [0, 0.05) is 26.7 Å². The molecule has 0 aromatic heterocycles. The number of hydrogen-bond donors (Lipinski definition) is 2. The van der Waals surface area contributed by atoms with Crippen molar-refractivity contribution < 1.29 is 4.79 Å². The van der Waals surface area contributed by atoms with Gasteiger partial charge in [0.2, 0.25) is 5.91 Å². The molecular formula is C21H44IN5O. The highest BCUT2D eigenvalue weighted by atomic mass is 127. The van der Waals surface area contributed by atoms with Crippen LogP contribution in [0.3, 0.4) is 0 Å². The molecule has 0 heterocycles. The summed E-state index contributed by atoms with van der Waals surface area (Å²) in [6, 6.07) is 0.340. The van der Waals surface area contributed by atoms with Crippen LogP contribution in [0.15, 0.2) is 4.99 Å². The van der Waals surface area contributed by atoms with Crippen molar-refractivity contribution in [1.82, 2.24) is 20.4 Å². The van der Waals surface area contributed by atoms with Gasteiger partial charge in [0.05, 0.1) is 0 Å². The number of halogens is 1. The van der Waals surface area contributed by atoms with E-state index in [0.717, 1.165) is 44.5 Å².